The van der Waals surface area contributed by atoms with Crippen LogP contribution < -0.4 is 5.32 Å². The van der Waals surface area contributed by atoms with Crippen LogP contribution >= 0.6 is 11.8 Å². The standard InChI is InChI=1S/C18H15N5OS/c1-23-14-10-6-5-9-13(14)16-17(23)20-18(22-21-16)25-11-15(24)19-12-7-3-2-4-8-12/h2-10H,11H2,1H3,(H,19,24). The molecular formula is C18H15N5OS. The van der Waals surface area contributed by atoms with Gasteiger partial charge in [-0.15, -0.1) is 10.2 Å². The topological polar surface area (TPSA) is 72.7 Å². The van der Waals surface area contributed by atoms with Crippen LogP contribution in [0.15, 0.2) is 59.8 Å². The van der Waals surface area contributed by atoms with Crippen LogP contribution in [0.2, 0.25) is 0 Å². The Bertz CT molecular complexity index is 1060. The van der Waals surface area contributed by atoms with Gasteiger partial charge in [0, 0.05) is 18.1 Å². The third-order valence-corrected chi connectivity index (χ3v) is 4.71. The summed E-state index contributed by atoms with van der Waals surface area (Å²) in [6.07, 6.45) is 0. The molecule has 4 aromatic rings. The Balaban J connectivity index is 1.53. The highest BCUT2D eigenvalue weighted by Crippen LogP contribution is 2.25. The minimum Gasteiger partial charge on any atom is -0.327 e. The molecule has 25 heavy (non-hydrogen) atoms. The van der Waals surface area contributed by atoms with E-state index in [1.165, 1.54) is 11.8 Å². The Morgan fingerprint density at radius 3 is 2.68 bits per heavy atom. The number of aryl methyl sites for hydroxylation is 1. The lowest BCUT2D eigenvalue weighted by Crippen LogP contribution is -2.14. The zero-order valence-electron chi connectivity index (χ0n) is 13.5. The molecule has 0 saturated heterocycles. The van der Waals surface area contributed by atoms with Gasteiger partial charge in [0.2, 0.25) is 11.1 Å². The number of hydrogen-bond donors (Lipinski definition) is 1. The second-order valence-corrected chi connectivity index (χ2v) is 6.49. The van der Waals surface area contributed by atoms with Crippen molar-refractivity contribution in [2.75, 3.05) is 11.1 Å². The molecule has 7 heteroatoms. The van der Waals surface area contributed by atoms with Crippen LogP contribution in [-0.2, 0) is 11.8 Å². The van der Waals surface area contributed by atoms with Crippen molar-refractivity contribution in [2.24, 2.45) is 7.05 Å². The summed E-state index contributed by atoms with van der Waals surface area (Å²) >= 11 is 1.27. The number of nitrogens with one attached hydrogen (secondary N) is 1. The van der Waals surface area contributed by atoms with E-state index in [-0.39, 0.29) is 11.7 Å². The molecule has 0 atom stereocenters. The summed E-state index contributed by atoms with van der Waals surface area (Å²) in [4.78, 5) is 16.6. The molecule has 2 aromatic carbocycles. The molecule has 6 nitrogen and oxygen atoms in total. The molecule has 2 heterocycles. The van der Waals surface area contributed by atoms with E-state index in [4.69, 9.17) is 0 Å². The lowest BCUT2D eigenvalue weighted by Gasteiger charge is -2.04. The molecular weight excluding hydrogens is 334 g/mol. The van der Waals surface area contributed by atoms with Crippen LogP contribution in [0.4, 0.5) is 5.69 Å². The van der Waals surface area contributed by atoms with Crippen molar-refractivity contribution in [3.8, 4) is 0 Å². The predicted molar refractivity (Wildman–Crippen MR) is 99.6 cm³/mol. The van der Waals surface area contributed by atoms with E-state index in [1.54, 1.807) is 0 Å². The fraction of sp³-hybridized carbons (Fsp3) is 0.111. The maximum atomic E-state index is 12.0. The molecule has 0 fully saturated rings. The van der Waals surface area contributed by atoms with Gasteiger partial charge >= 0.3 is 0 Å². The van der Waals surface area contributed by atoms with Crippen molar-refractivity contribution >= 4 is 45.4 Å². The van der Waals surface area contributed by atoms with Crippen LogP contribution in [-0.4, -0.2) is 31.4 Å². The Kier molecular flexibility index (Phi) is 4.07. The number of aromatic nitrogens is 4. The van der Waals surface area contributed by atoms with E-state index >= 15 is 0 Å². The minimum absolute atomic E-state index is 0.100. The van der Waals surface area contributed by atoms with Gasteiger partial charge in [-0.05, 0) is 18.2 Å². The van der Waals surface area contributed by atoms with Gasteiger partial charge in [0.05, 0.1) is 11.3 Å². The Morgan fingerprint density at radius 2 is 1.84 bits per heavy atom. The summed E-state index contributed by atoms with van der Waals surface area (Å²) in [5.74, 6) is 0.128. The van der Waals surface area contributed by atoms with E-state index in [2.05, 4.69) is 20.5 Å². The average Bonchev–Trinajstić information content (AvgIpc) is 2.93. The minimum atomic E-state index is -0.100. The molecule has 4 rings (SSSR count). The molecule has 0 aliphatic rings. The molecule has 0 saturated carbocycles. The van der Waals surface area contributed by atoms with Crippen molar-refractivity contribution in [3.05, 3.63) is 54.6 Å². The van der Waals surface area contributed by atoms with Gasteiger partial charge < -0.3 is 9.88 Å². The highest BCUT2D eigenvalue weighted by Gasteiger charge is 2.13. The zero-order chi connectivity index (χ0) is 17.2. The number of amides is 1. The number of carbonyl (C=O) groups excluding carboxylic acids is 1. The Hall–Kier alpha value is -2.93. The summed E-state index contributed by atoms with van der Waals surface area (Å²) in [6.45, 7) is 0. The quantitative estimate of drug-likeness (QED) is 0.573. The highest BCUT2D eigenvalue weighted by atomic mass is 32.2. The lowest BCUT2D eigenvalue weighted by molar-refractivity contribution is -0.113. The van der Waals surface area contributed by atoms with E-state index in [1.807, 2.05) is 66.2 Å². The second kappa shape index (κ2) is 6.52. The molecule has 2 aromatic heterocycles. The second-order valence-electron chi connectivity index (χ2n) is 5.55. The average molecular weight is 349 g/mol. The van der Waals surface area contributed by atoms with Gasteiger partial charge in [0.1, 0.15) is 5.52 Å². The lowest BCUT2D eigenvalue weighted by atomic mass is 10.2. The van der Waals surface area contributed by atoms with Crippen LogP contribution in [0.5, 0.6) is 0 Å². The van der Waals surface area contributed by atoms with E-state index in [0.717, 1.165) is 27.8 Å². The first kappa shape index (κ1) is 15.6. The first-order valence-electron chi connectivity index (χ1n) is 7.78. The molecule has 1 amide bonds. The number of para-hydroxylation sites is 2. The largest absolute Gasteiger partial charge is 0.327 e. The van der Waals surface area contributed by atoms with Crippen LogP contribution in [0, 0.1) is 0 Å². The molecule has 1 N–H and O–H groups in total. The molecule has 0 radical (unpaired) electrons. The number of anilines is 1. The highest BCUT2D eigenvalue weighted by molar-refractivity contribution is 7.99. The Labute approximate surface area is 148 Å². The number of thioether (sulfide) groups is 1. The summed E-state index contributed by atoms with van der Waals surface area (Å²) < 4.78 is 1.99. The van der Waals surface area contributed by atoms with Crippen LogP contribution in [0.1, 0.15) is 0 Å². The van der Waals surface area contributed by atoms with Gasteiger partial charge in [0.25, 0.3) is 0 Å². The molecule has 0 bridgehead atoms. The first-order chi connectivity index (χ1) is 12.2. The molecule has 0 spiro atoms. The number of hydrogen-bond acceptors (Lipinski definition) is 5. The van der Waals surface area contributed by atoms with Crippen molar-refractivity contribution in [2.45, 2.75) is 5.16 Å². The fourth-order valence-corrected chi connectivity index (χ4v) is 3.28. The van der Waals surface area contributed by atoms with Gasteiger partial charge in [-0.25, -0.2) is 4.98 Å². The summed E-state index contributed by atoms with van der Waals surface area (Å²) in [6, 6.07) is 17.4. The maximum absolute atomic E-state index is 12.0. The van der Waals surface area contributed by atoms with Gasteiger partial charge in [-0.1, -0.05) is 48.2 Å². The smallest absolute Gasteiger partial charge is 0.234 e. The zero-order valence-corrected chi connectivity index (χ0v) is 14.3. The van der Waals surface area contributed by atoms with Gasteiger partial charge in [-0.3, -0.25) is 4.79 Å². The molecule has 0 aliphatic carbocycles. The predicted octanol–water partition coefficient (Wildman–Crippen LogP) is 3.25. The van der Waals surface area contributed by atoms with E-state index in [9.17, 15) is 4.79 Å². The number of carbonyl (C=O) groups is 1. The van der Waals surface area contributed by atoms with Crippen LogP contribution in [0.25, 0.3) is 22.1 Å². The number of rotatable bonds is 4. The third kappa shape index (κ3) is 3.06. The van der Waals surface area contributed by atoms with Crippen molar-refractivity contribution < 1.29 is 4.79 Å². The first-order valence-corrected chi connectivity index (χ1v) is 8.76. The fourth-order valence-electron chi connectivity index (χ4n) is 2.70. The SMILES string of the molecule is Cn1c2ccccc2c2nnc(SCC(=O)Nc3ccccc3)nc21. The Morgan fingerprint density at radius 1 is 1.08 bits per heavy atom. The van der Waals surface area contributed by atoms with Crippen molar-refractivity contribution in [1.82, 2.24) is 19.7 Å². The van der Waals surface area contributed by atoms with E-state index in [0.29, 0.717) is 5.16 Å². The van der Waals surface area contributed by atoms with Crippen molar-refractivity contribution in [3.63, 3.8) is 0 Å². The maximum Gasteiger partial charge on any atom is 0.234 e. The number of fused-ring (bicyclic) bond motifs is 3. The summed E-state index contributed by atoms with van der Waals surface area (Å²) in [7, 11) is 1.95. The third-order valence-electron chi connectivity index (χ3n) is 3.88. The number of nitrogens with zero attached hydrogens (tertiary/aromatic N) is 4. The summed E-state index contributed by atoms with van der Waals surface area (Å²) in [5, 5.41) is 12.8. The van der Waals surface area contributed by atoms with Gasteiger partial charge in [0.15, 0.2) is 5.65 Å². The normalized spacial score (nSPS) is 11.1. The molecule has 124 valence electrons. The summed E-state index contributed by atoms with van der Waals surface area (Å²) in [5.41, 5.74) is 3.37. The van der Waals surface area contributed by atoms with Crippen LogP contribution in [0.3, 0.4) is 0 Å². The molecule has 0 unspecified atom stereocenters. The molecule has 0 aliphatic heterocycles. The van der Waals surface area contributed by atoms with E-state index < -0.39 is 0 Å². The van der Waals surface area contributed by atoms with Gasteiger partial charge in [-0.2, -0.15) is 0 Å². The number of benzene rings is 2. The van der Waals surface area contributed by atoms with Crippen molar-refractivity contribution in [1.29, 1.82) is 0 Å². The monoisotopic (exact) mass is 349 g/mol.